The molecule has 0 aliphatic heterocycles. The van der Waals surface area contributed by atoms with Gasteiger partial charge in [0.15, 0.2) is 0 Å². The molecule has 98 valence electrons. The quantitative estimate of drug-likeness (QED) is 0.641. The Balaban J connectivity index is 3.12. The van der Waals surface area contributed by atoms with Gasteiger partial charge in [-0.1, -0.05) is 55.4 Å². The molecule has 0 aromatic carbocycles. The van der Waals surface area contributed by atoms with Gasteiger partial charge in [0.2, 0.25) is 0 Å². The Labute approximate surface area is 111 Å². The van der Waals surface area contributed by atoms with E-state index in [0.717, 1.165) is 0 Å². The van der Waals surface area contributed by atoms with Gasteiger partial charge >= 0.3 is 0 Å². The third kappa shape index (κ3) is 2.76. The van der Waals surface area contributed by atoms with Gasteiger partial charge in [0.05, 0.1) is 0 Å². The molecule has 0 unspecified atom stereocenters. The van der Waals surface area contributed by atoms with Gasteiger partial charge in [-0.3, -0.25) is 0 Å². The monoisotopic (exact) mass is 252 g/mol. The van der Waals surface area contributed by atoms with Crippen LogP contribution in [0.4, 0.5) is 0 Å². The van der Waals surface area contributed by atoms with Crippen LogP contribution in [0.3, 0.4) is 0 Å². The van der Waals surface area contributed by atoms with Crippen molar-refractivity contribution in [2.75, 3.05) is 0 Å². The molecule has 17 heavy (non-hydrogen) atoms. The summed E-state index contributed by atoms with van der Waals surface area (Å²) in [5, 5.41) is 0. The first-order chi connectivity index (χ1) is 7.52. The van der Waals surface area contributed by atoms with Crippen LogP contribution < -0.4 is 0 Å². The number of rotatable bonds is 3. The maximum atomic E-state index is 2.36. The molecule has 0 aliphatic carbocycles. The van der Waals surface area contributed by atoms with Crippen molar-refractivity contribution in [3.05, 3.63) is 21.9 Å². The molecule has 0 nitrogen and oxygen atoms in total. The van der Waals surface area contributed by atoms with Gasteiger partial charge in [-0.25, -0.2) is 0 Å². The van der Waals surface area contributed by atoms with E-state index >= 15 is 0 Å². The zero-order chi connectivity index (χ0) is 13.5. The van der Waals surface area contributed by atoms with Gasteiger partial charge in [-0.05, 0) is 29.4 Å². The summed E-state index contributed by atoms with van der Waals surface area (Å²) in [7, 11) is 0. The van der Waals surface area contributed by atoms with E-state index in [4.69, 9.17) is 0 Å². The molecule has 0 fully saturated rings. The summed E-state index contributed by atoms with van der Waals surface area (Å²) >= 11 is 2.00. The lowest BCUT2D eigenvalue weighted by atomic mass is 9.68. The van der Waals surface area contributed by atoms with Crippen LogP contribution in [-0.2, 0) is 10.8 Å². The molecule has 0 saturated carbocycles. The molecule has 0 spiro atoms. The second kappa shape index (κ2) is 4.42. The second-order valence-corrected chi connectivity index (χ2v) is 8.36. The van der Waals surface area contributed by atoms with E-state index in [9.17, 15) is 0 Å². The van der Waals surface area contributed by atoms with Gasteiger partial charge < -0.3 is 0 Å². The summed E-state index contributed by atoms with van der Waals surface area (Å²) in [6.07, 6.45) is 1.20. The minimum Gasteiger partial charge on any atom is -0.144 e. The molecule has 1 aromatic rings. The van der Waals surface area contributed by atoms with Gasteiger partial charge in [0, 0.05) is 15.2 Å². The lowest BCUT2D eigenvalue weighted by Gasteiger charge is -2.38. The van der Waals surface area contributed by atoms with E-state index in [1.54, 1.807) is 0 Å². The Hall–Kier alpha value is -0.300. The highest BCUT2D eigenvalue weighted by Crippen LogP contribution is 2.45. The van der Waals surface area contributed by atoms with Gasteiger partial charge in [-0.15, -0.1) is 11.3 Å². The standard InChI is InChI=1S/C16H28S/c1-9-15(5,6)12-10-11-13(17-12)16(7,8)14(2,3)4/h10-11H,9H2,1-8H3. The first-order valence-corrected chi connectivity index (χ1v) is 7.45. The third-order valence-corrected chi connectivity index (χ3v) is 6.42. The minimum absolute atomic E-state index is 0.236. The van der Waals surface area contributed by atoms with Gasteiger partial charge in [0.25, 0.3) is 0 Å². The SMILES string of the molecule is CCC(C)(C)c1ccc(C(C)(C)C(C)(C)C)s1. The van der Waals surface area contributed by atoms with Crippen molar-refractivity contribution in [2.24, 2.45) is 5.41 Å². The number of thiophene rings is 1. The first kappa shape index (κ1) is 14.8. The van der Waals surface area contributed by atoms with E-state index in [0.29, 0.717) is 10.8 Å². The third-order valence-electron chi connectivity index (χ3n) is 4.65. The molecule has 0 saturated heterocycles. The van der Waals surface area contributed by atoms with Crippen LogP contribution in [0.5, 0.6) is 0 Å². The Morgan fingerprint density at radius 2 is 1.35 bits per heavy atom. The van der Waals surface area contributed by atoms with Crippen LogP contribution in [0, 0.1) is 5.41 Å². The highest BCUT2D eigenvalue weighted by Gasteiger charge is 2.36. The van der Waals surface area contributed by atoms with Crippen molar-refractivity contribution in [1.82, 2.24) is 0 Å². The Kier molecular flexibility index (Phi) is 3.84. The summed E-state index contributed by atoms with van der Waals surface area (Å²) in [6.45, 7) is 18.7. The maximum absolute atomic E-state index is 2.36. The molecule has 0 aliphatic rings. The van der Waals surface area contributed by atoms with Crippen molar-refractivity contribution >= 4 is 11.3 Å². The molecule has 1 aromatic heterocycles. The largest absolute Gasteiger partial charge is 0.144 e. The Morgan fingerprint density at radius 3 is 1.76 bits per heavy atom. The van der Waals surface area contributed by atoms with Crippen LogP contribution in [0.1, 0.15) is 71.6 Å². The van der Waals surface area contributed by atoms with Crippen LogP contribution in [0.2, 0.25) is 0 Å². The average Bonchev–Trinajstić information content (AvgIpc) is 2.65. The predicted molar refractivity (Wildman–Crippen MR) is 80.1 cm³/mol. The summed E-state index contributed by atoms with van der Waals surface area (Å²) in [5.41, 5.74) is 0.849. The summed E-state index contributed by atoms with van der Waals surface area (Å²) in [6, 6.07) is 4.67. The van der Waals surface area contributed by atoms with Crippen LogP contribution in [0.25, 0.3) is 0 Å². The zero-order valence-corrected chi connectivity index (χ0v) is 13.6. The van der Waals surface area contributed by atoms with Crippen molar-refractivity contribution < 1.29 is 0 Å². The van der Waals surface area contributed by atoms with Crippen LogP contribution >= 0.6 is 11.3 Å². The van der Waals surface area contributed by atoms with Crippen molar-refractivity contribution in [3.8, 4) is 0 Å². The first-order valence-electron chi connectivity index (χ1n) is 6.63. The molecule has 0 atom stereocenters. The predicted octanol–water partition coefficient (Wildman–Crippen LogP) is 5.76. The van der Waals surface area contributed by atoms with E-state index in [1.807, 2.05) is 11.3 Å². The van der Waals surface area contributed by atoms with E-state index in [-0.39, 0.29) is 5.41 Å². The molecule has 0 radical (unpaired) electrons. The fourth-order valence-electron chi connectivity index (χ4n) is 1.58. The number of hydrogen-bond acceptors (Lipinski definition) is 1. The van der Waals surface area contributed by atoms with Crippen molar-refractivity contribution in [2.45, 2.75) is 72.6 Å². The lowest BCUT2D eigenvalue weighted by Crippen LogP contribution is -2.33. The van der Waals surface area contributed by atoms with E-state index in [2.05, 4.69) is 67.5 Å². The molecule has 0 bridgehead atoms. The topological polar surface area (TPSA) is 0 Å². The van der Waals surface area contributed by atoms with Gasteiger partial charge in [0.1, 0.15) is 0 Å². The summed E-state index contributed by atoms with van der Waals surface area (Å²) in [4.78, 5) is 3.04. The van der Waals surface area contributed by atoms with Crippen molar-refractivity contribution in [3.63, 3.8) is 0 Å². The molecule has 0 amide bonds. The van der Waals surface area contributed by atoms with Crippen LogP contribution in [-0.4, -0.2) is 0 Å². The average molecular weight is 252 g/mol. The van der Waals surface area contributed by atoms with Gasteiger partial charge in [-0.2, -0.15) is 0 Å². The summed E-state index contributed by atoms with van der Waals surface area (Å²) < 4.78 is 0. The molecule has 1 heterocycles. The van der Waals surface area contributed by atoms with Crippen molar-refractivity contribution in [1.29, 1.82) is 0 Å². The normalized spacial score (nSPS) is 14.1. The second-order valence-electron chi connectivity index (χ2n) is 7.28. The lowest BCUT2D eigenvalue weighted by molar-refractivity contribution is 0.230. The summed E-state index contributed by atoms with van der Waals surface area (Å²) in [5.74, 6) is 0. The molecular formula is C16H28S. The highest BCUT2D eigenvalue weighted by atomic mass is 32.1. The Bertz CT molecular complexity index is 374. The fourth-order valence-corrected chi connectivity index (χ4v) is 3.07. The highest BCUT2D eigenvalue weighted by molar-refractivity contribution is 7.12. The van der Waals surface area contributed by atoms with E-state index in [1.165, 1.54) is 16.2 Å². The Morgan fingerprint density at radius 1 is 0.882 bits per heavy atom. The minimum atomic E-state index is 0.236. The molecule has 1 heteroatoms. The zero-order valence-electron chi connectivity index (χ0n) is 12.8. The van der Waals surface area contributed by atoms with E-state index < -0.39 is 0 Å². The molecule has 0 N–H and O–H groups in total. The fraction of sp³-hybridized carbons (Fsp3) is 0.750. The molecule has 1 rings (SSSR count). The number of hydrogen-bond donors (Lipinski definition) is 0. The molecular weight excluding hydrogens is 224 g/mol. The maximum Gasteiger partial charge on any atom is 0.0110 e. The smallest absolute Gasteiger partial charge is 0.0110 e. The van der Waals surface area contributed by atoms with Crippen LogP contribution in [0.15, 0.2) is 12.1 Å².